The van der Waals surface area contributed by atoms with Crippen molar-refractivity contribution in [3.63, 3.8) is 0 Å². The number of nitrogens with two attached hydrogens (primary N) is 1. The summed E-state index contributed by atoms with van der Waals surface area (Å²) >= 11 is 0. The summed E-state index contributed by atoms with van der Waals surface area (Å²) < 4.78 is 5.51. The van der Waals surface area contributed by atoms with Gasteiger partial charge in [-0.3, -0.25) is 0 Å². The summed E-state index contributed by atoms with van der Waals surface area (Å²) in [6.45, 7) is 2.44. The van der Waals surface area contributed by atoms with Crippen LogP contribution in [0, 0.1) is 0 Å². The fraction of sp³-hybridized carbons (Fsp3) is 0.286. The first-order valence-corrected chi connectivity index (χ1v) is 5.96. The average Bonchev–Trinajstić information content (AvgIpc) is 2.97. The standard InChI is InChI=1S/C14H16N2O/c15-8-11-7-13(17-10-11)9-16-6-5-12-3-1-2-4-14(12)16/h1-4,7,10H,5-6,8-9,15H2. The van der Waals surface area contributed by atoms with Crippen molar-refractivity contribution in [3.05, 3.63) is 53.5 Å². The predicted molar refractivity (Wildman–Crippen MR) is 67.8 cm³/mol. The van der Waals surface area contributed by atoms with Crippen LogP contribution in [0.4, 0.5) is 5.69 Å². The molecule has 3 nitrogen and oxygen atoms in total. The monoisotopic (exact) mass is 228 g/mol. The number of furan rings is 1. The van der Waals surface area contributed by atoms with Crippen molar-refractivity contribution in [2.45, 2.75) is 19.5 Å². The molecule has 1 aliphatic heterocycles. The van der Waals surface area contributed by atoms with Crippen LogP contribution < -0.4 is 10.6 Å². The molecule has 1 aromatic carbocycles. The van der Waals surface area contributed by atoms with Crippen molar-refractivity contribution in [2.75, 3.05) is 11.4 Å². The van der Waals surface area contributed by atoms with Crippen molar-refractivity contribution in [1.82, 2.24) is 0 Å². The Morgan fingerprint density at radius 3 is 3.00 bits per heavy atom. The molecule has 0 spiro atoms. The zero-order chi connectivity index (χ0) is 11.7. The van der Waals surface area contributed by atoms with Crippen LogP contribution >= 0.6 is 0 Å². The van der Waals surface area contributed by atoms with Gasteiger partial charge in [0.2, 0.25) is 0 Å². The molecule has 3 rings (SSSR count). The minimum atomic E-state index is 0.542. The Morgan fingerprint density at radius 1 is 1.29 bits per heavy atom. The molecule has 3 heteroatoms. The minimum Gasteiger partial charge on any atom is -0.467 e. The lowest BCUT2D eigenvalue weighted by Crippen LogP contribution is -2.19. The van der Waals surface area contributed by atoms with Crippen molar-refractivity contribution in [2.24, 2.45) is 5.73 Å². The molecular formula is C14H16N2O. The third kappa shape index (κ3) is 1.94. The third-order valence-corrected chi connectivity index (χ3v) is 3.27. The van der Waals surface area contributed by atoms with Gasteiger partial charge >= 0.3 is 0 Å². The normalized spacial score (nSPS) is 14.1. The number of hydrogen-bond donors (Lipinski definition) is 1. The van der Waals surface area contributed by atoms with E-state index in [0.717, 1.165) is 30.8 Å². The Morgan fingerprint density at radius 2 is 2.18 bits per heavy atom. The maximum atomic E-state index is 5.57. The number of rotatable bonds is 3. The Hall–Kier alpha value is -1.74. The van der Waals surface area contributed by atoms with Crippen LogP contribution in [0.15, 0.2) is 41.0 Å². The highest BCUT2D eigenvalue weighted by atomic mass is 16.3. The van der Waals surface area contributed by atoms with Crippen molar-refractivity contribution >= 4 is 5.69 Å². The highest BCUT2D eigenvalue weighted by molar-refractivity contribution is 5.57. The van der Waals surface area contributed by atoms with Crippen LogP contribution in [-0.2, 0) is 19.5 Å². The van der Waals surface area contributed by atoms with E-state index >= 15 is 0 Å². The summed E-state index contributed by atoms with van der Waals surface area (Å²) in [7, 11) is 0. The zero-order valence-corrected chi connectivity index (χ0v) is 9.73. The van der Waals surface area contributed by atoms with E-state index in [0.29, 0.717) is 6.54 Å². The zero-order valence-electron chi connectivity index (χ0n) is 9.73. The van der Waals surface area contributed by atoms with Crippen molar-refractivity contribution in [1.29, 1.82) is 0 Å². The highest BCUT2D eigenvalue weighted by Gasteiger charge is 2.19. The first-order chi connectivity index (χ1) is 8.36. The van der Waals surface area contributed by atoms with Crippen LogP contribution in [-0.4, -0.2) is 6.54 Å². The lowest BCUT2D eigenvalue weighted by Gasteiger charge is -2.17. The van der Waals surface area contributed by atoms with Gasteiger partial charge in [0.25, 0.3) is 0 Å². The predicted octanol–water partition coefficient (Wildman–Crippen LogP) is 2.30. The van der Waals surface area contributed by atoms with Crippen LogP contribution in [0.1, 0.15) is 16.9 Å². The summed E-state index contributed by atoms with van der Waals surface area (Å²) in [5.41, 5.74) is 9.40. The van der Waals surface area contributed by atoms with Gasteiger partial charge in [-0.05, 0) is 24.1 Å². The number of anilines is 1. The lowest BCUT2D eigenvalue weighted by molar-refractivity contribution is 0.503. The SMILES string of the molecule is NCc1coc(CN2CCc3ccccc32)c1. The maximum absolute atomic E-state index is 5.57. The molecule has 0 aliphatic carbocycles. The largest absolute Gasteiger partial charge is 0.467 e. The first-order valence-electron chi connectivity index (χ1n) is 5.96. The third-order valence-electron chi connectivity index (χ3n) is 3.27. The van der Waals surface area contributed by atoms with Crippen LogP contribution in [0.25, 0.3) is 0 Å². The summed E-state index contributed by atoms with van der Waals surface area (Å²) in [6, 6.07) is 10.6. The van der Waals surface area contributed by atoms with E-state index in [1.165, 1.54) is 11.3 Å². The molecular weight excluding hydrogens is 212 g/mol. The molecule has 0 saturated heterocycles. The van der Waals surface area contributed by atoms with E-state index in [4.69, 9.17) is 10.2 Å². The maximum Gasteiger partial charge on any atom is 0.123 e. The van der Waals surface area contributed by atoms with Crippen molar-refractivity contribution in [3.8, 4) is 0 Å². The fourth-order valence-corrected chi connectivity index (χ4v) is 2.38. The Labute approximate surface area is 101 Å². The molecule has 0 fully saturated rings. The number of hydrogen-bond acceptors (Lipinski definition) is 3. The number of nitrogens with zero attached hydrogens (tertiary/aromatic N) is 1. The molecule has 0 amide bonds. The topological polar surface area (TPSA) is 42.4 Å². The number of fused-ring (bicyclic) bond motifs is 1. The van der Waals surface area contributed by atoms with Gasteiger partial charge in [0, 0.05) is 24.3 Å². The van der Waals surface area contributed by atoms with Crippen LogP contribution in [0.2, 0.25) is 0 Å². The second-order valence-corrected chi connectivity index (χ2v) is 4.43. The summed E-state index contributed by atoms with van der Waals surface area (Å²) in [5, 5.41) is 0. The fourth-order valence-electron chi connectivity index (χ4n) is 2.38. The average molecular weight is 228 g/mol. The second-order valence-electron chi connectivity index (χ2n) is 4.43. The molecule has 0 unspecified atom stereocenters. The molecule has 2 aromatic rings. The lowest BCUT2D eigenvalue weighted by atomic mass is 10.2. The molecule has 1 aliphatic rings. The summed E-state index contributed by atoms with van der Waals surface area (Å²) in [6.07, 6.45) is 2.87. The molecule has 17 heavy (non-hydrogen) atoms. The Balaban J connectivity index is 1.79. The van der Waals surface area contributed by atoms with Gasteiger partial charge in [0.15, 0.2) is 0 Å². The Bertz CT molecular complexity index is 518. The Kier molecular flexibility index (Phi) is 2.61. The van der Waals surface area contributed by atoms with E-state index in [1.807, 2.05) is 6.07 Å². The number of benzene rings is 1. The van der Waals surface area contributed by atoms with Gasteiger partial charge in [-0.2, -0.15) is 0 Å². The second kappa shape index (κ2) is 4.26. The highest BCUT2D eigenvalue weighted by Crippen LogP contribution is 2.28. The van der Waals surface area contributed by atoms with Gasteiger partial charge in [-0.1, -0.05) is 18.2 Å². The molecule has 0 saturated carbocycles. The summed E-state index contributed by atoms with van der Waals surface area (Å²) in [5.74, 6) is 0.988. The molecule has 2 N–H and O–H groups in total. The van der Waals surface area contributed by atoms with Gasteiger partial charge in [-0.15, -0.1) is 0 Å². The molecule has 88 valence electrons. The van der Waals surface area contributed by atoms with E-state index in [2.05, 4.69) is 29.2 Å². The van der Waals surface area contributed by atoms with E-state index in [-0.39, 0.29) is 0 Å². The van der Waals surface area contributed by atoms with E-state index in [1.54, 1.807) is 6.26 Å². The first kappa shape index (κ1) is 10.4. The van der Waals surface area contributed by atoms with Gasteiger partial charge in [-0.25, -0.2) is 0 Å². The minimum absolute atomic E-state index is 0.542. The molecule has 2 heterocycles. The van der Waals surface area contributed by atoms with Crippen LogP contribution in [0.5, 0.6) is 0 Å². The van der Waals surface area contributed by atoms with E-state index in [9.17, 15) is 0 Å². The van der Waals surface area contributed by atoms with Gasteiger partial charge < -0.3 is 15.1 Å². The number of para-hydroxylation sites is 1. The molecule has 1 aromatic heterocycles. The van der Waals surface area contributed by atoms with Crippen LogP contribution in [0.3, 0.4) is 0 Å². The van der Waals surface area contributed by atoms with Gasteiger partial charge in [0.1, 0.15) is 5.76 Å². The van der Waals surface area contributed by atoms with E-state index < -0.39 is 0 Å². The van der Waals surface area contributed by atoms with Crippen molar-refractivity contribution < 1.29 is 4.42 Å². The molecule has 0 bridgehead atoms. The molecule has 0 radical (unpaired) electrons. The summed E-state index contributed by atoms with van der Waals surface area (Å²) in [4.78, 5) is 2.36. The molecule has 0 atom stereocenters. The quantitative estimate of drug-likeness (QED) is 0.876. The van der Waals surface area contributed by atoms with Gasteiger partial charge in [0.05, 0.1) is 12.8 Å². The smallest absolute Gasteiger partial charge is 0.123 e.